The number of carbonyl (C=O) groups excluding carboxylic acids is 3. The Labute approximate surface area is 141 Å². The second kappa shape index (κ2) is 13.4. The SMILES string of the molecule is CC(=O)C([C]=O)OCCOCCNC(=O)[C@@H](N)CCCNC(=N)N. The van der Waals surface area contributed by atoms with E-state index in [-0.39, 0.29) is 38.2 Å². The van der Waals surface area contributed by atoms with Crippen LogP contribution < -0.4 is 22.1 Å². The third-order valence-corrected chi connectivity index (χ3v) is 2.88. The minimum Gasteiger partial charge on any atom is -0.377 e. The molecule has 0 aromatic rings. The summed E-state index contributed by atoms with van der Waals surface area (Å²) in [4.78, 5) is 33.0. The topological polar surface area (TPSA) is 170 Å². The van der Waals surface area contributed by atoms with Crippen LogP contribution in [0.4, 0.5) is 0 Å². The number of ketones is 1. The van der Waals surface area contributed by atoms with Crippen molar-refractivity contribution in [3.8, 4) is 0 Å². The van der Waals surface area contributed by atoms with Crippen molar-refractivity contribution in [2.24, 2.45) is 11.5 Å². The number of Topliss-reactive ketones (excluding diaryl/α,β-unsaturated/α-hetero) is 1. The molecule has 10 nitrogen and oxygen atoms in total. The molecule has 7 N–H and O–H groups in total. The average Bonchev–Trinajstić information content (AvgIpc) is 2.53. The third kappa shape index (κ3) is 11.5. The van der Waals surface area contributed by atoms with Gasteiger partial charge in [0.2, 0.25) is 12.2 Å². The predicted octanol–water partition coefficient (Wildman–Crippen LogP) is -2.21. The highest BCUT2D eigenvalue weighted by atomic mass is 16.5. The van der Waals surface area contributed by atoms with Gasteiger partial charge in [-0.05, 0) is 19.8 Å². The van der Waals surface area contributed by atoms with Crippen molar-refractivity contribution in [3.05, 3.63) is 0 Å². The third-order valence-electron chi connectivity index (χ3n) is 2.88. The van der Waals surface area contributed by atoms with Crippen molar-refractivity contribution >= 4 is 23.9 Å². The van der Waals surface area contributed by atoms with Gasteiger partial charge in [-0.1, -0.05) is 0 Å². The predicted molar refractivity (Wildman–Crippen MR) is 87.1 cm³/mol. The van der Waals surface area contributed by atoms with Crippen molar-refractivity contribution in [1.29, 1.82) is 5.41 Å². The van der Waals surface area contributed by atoms with Crippen LogP contribution in [0.15, 0.2) is 0 Å². The molecule has 0 heterocycles. The lowest BCUT2D eigenvalue weighted by Crippen LogP contribution is -2.42. The Balaban J connectivity index is 3.59. The maximum atomic E-state index is 11.7. The fraction of sp³-hybridized carbons (Fsp3) is 0.714. The Morgan fingerprint density at radius 3 is 2.50 bits per heavy atom. The summed E-state index contributed by atoms with van der Waals surface area (Å²) in [5.41, 5.74) is 10.8. The van der Waals surface area contributed by atoms with Crippen molar-refractivity contribution in [2.45, 2.75) is 31.9 Å². The number of ether oxygens (including phenoxy) is 2. The molecule has 0 saturated carbocycles. The maximum absolute atomic E-state index is 11.7. The fourth-order valence-electron chi connectivity index (χ4n) is 1.61. The van der Waals surface area contributed by atoms with Gasteiger partial charge in [-0.15, -0.1) is 0 Å². The van der Waals surface area contributed by atoms with Gasteiger partial charge in [0.15, 0.2) is 17.8 Å². The first-order valence-corrected chi connectivity index (χ1v) is 7.57. The van der Waals surface area contributed by atoms with Crippen LogP contribution in [0.2, 0.25) is 0 Å². The van der Waals surface area contributed by atoms with E-state index < -0.39 is 17.9 Å². The summed E-state index contributed by atoms with van der Waals surface area (Å²) in [6, 6.07) is -0.637. The molecule has 0 fully saturated rings. The van der Waals surface area contributed by atoms with Gasteiger partial charge in [-0.3, -0.25) is 19.8 Å². The van der Waals surface area contributed by atoms with E-state index in [0.29, 0.717) is 19.4 Å². The molecular weight excluding hydrogens is 318 g/mol. The number of carbonyl (C=O) groups is 2. The van der Waals surface area contributed by atoms with E-state index >= 15 is 0 Å². The Hall–Kier alpha value is -2.04. The Morgan fingerprint density at radius 1 is 1.21 bits per heavy atom. The first-order valence-electron chi connectivity index (χ1n) is 7.57. The van der Waals surface area contributed by atoms with Gasteiger partial charge in [0.25, 0.3) is 0 Å². The van der Waals surface area contributed by atoms with Crippen LogP contribution >= 0.6 is 0 Å². The zero-order valence-corrected chi connectivity index (χ0v) is 13.8. The summed E-state index contributed by atoms with van der Waals surface area (Å²) < 4.78 is 10.1. The van der Waals surface area contributed by atoms with E-state index in [4.69, 9.17) is 26.4 Å². The first kappa shape index (κ1) is 22.0. The number of hydrogen-bond donors (Lipinski definition) is 5. The molecule has 0 aliphatic heterocycles. The molecular formula is C14H26N5O5. The Bertz CT molecular complexity index is 418. The highest BCUT2D eigenvalue weighted by Crippen LogP contribution is 1.93. The molecule has 0 spiro atoms. The lowest BCUT2D eigenvalue weighted by molar-refractivity contribution is -0.125. The molecule has 1 amide bonds. The van der Waals surface area contributed by atoms with Gasteiger partial charge < -0.3 is 31.6 Å². The van der Waals surface area contributed by atoms with E-state index in [2.05, 4.69) is 10.6 Å². The van der Waals surface area contributed by atoms with E-state index in [9.17, 15) is 14.4 Å². The van der Waals surface area contributed by atoms with E-state index in [1.54, 1.807) is 0 Å². The second-order valence-corrected chi connectivity index (χ2v) is 4.97. The molecule has 0 saturated heterocycles. The number of guanidine groups is 1. The minimum absolute atomic E-state index is 0.0795. The minimum atomic E-state index is -1.18. The molecule has 0 aromatic carbocycles. The molecule has 0 rings (SSSR count). The van der Waals surface area contributed by atoms with Crippen LogP contribution in [-0.2, 0) is 23.9 Å². The van der Waals surface area contributed by atoms with Crippen molar-refractivity contribution in [2.75, 3.05) is 32.9 Å². The Kier molecular flexibility index (Phi) is 12.3. The summed E-state index contributed by atoms with van der Waals surface area (Å²) in [7, 11) is 0. The molecule has 2 atom stereocenters. The van der Waals surface area contributed by atoms with Gasteiger partial charge in [0.1, 0.15) is 0 Å². The number of hydrogen-bond acceptors (Lipinski definition) is 7. The summed E-state index contributed by atoms with van der Waals surface area (Å²) >= 11 is 0. The number of nitrogens with two attached hydrogens (primary N) is 2. The number of nitrogens with one attached hydrogen (secondary N) is 3. The van der Waals surface area contributed by atoms with Gasteiger partial charge in [0.05, 0.1) is 25.9 Å². The Morgan fingerprint density at radius 2 is 1.92 bits per heavy atom. The molecule has 0 bridgehead atoms. The maximum Gasteiger partial charge on any atom is 0.237 e. The van der Waals surface area contributed by atoms with Crippen LogP contribution in [-0.4, -0.2) is 69.0 Å². The summed E-state index contributed by atoms with van der Waals surface area (Å²) in [6.45, 7) is 2.53. The first-order chi connectivity index (χ1) is 11.4. The monoisotopic (exact) mass is 344 g/mol. The second-order valence-electron chi connectivity index (χ2n) is 4.97. The van der Waals surface area contributed by atoms with Crippen LogP contribution in [0.3, 0.4) is 0 Å². The molecule has 1 radical (unpaired) electrons. The van der Waals surface area contributed by atoms with E-state index in [1.807, 2.05) is 0 Å². The lowest BCUT2D eigenvalue weighted by Gasteiger charge is -2.13. The molecule has 0 aliphatic carbocycles. The quantitative estimate of drug-likeness (QED) is 0.102. The normalized spacial score (nSPS) is 12.9. The highest BCUT2D eigenvalue weighted by molar-refractivity contribution is 5.94. The molecule has 1 unspecified atom stereocenters. The zero-order chi connectivity index (χ0) is 18.4. The number of amides is 1. The number of rotatable bonds is 14. The molecule has 0 aliphatic rings. The highest BCUT2D eigenvalue weighted by Gasteiger charge is 2.14. The van der Waals surface area contributed by atoms with E-state index in [0.717, 1.165) is 0 Å². The van der Waals surface area contributed by atoms with Crippen molar-refractivity contribution in [1.82, 2.24) is 10.6 Å². The van der Waals surface area contributed by atoms with Crippen LogP contribution in [0.5, 0.6) is 0 Å². The fourth-order valence-corrected chi connectivity index (χ4v) is 1.61. The molecule has 10 heteroatoms. The lowest BCUT2D eigenvalue weighted by atomic mass is 10.1. The smallest absolute Gasteiger partial charge is 0.237 e. The van der Waals surface area contributed by atoms with Gasteiger partial charge >= 0.3 is 0 Å². The summed E-state index contributed by atoms with van der Waals surface area (Å²) in [5, 5.41) is 12.2. The zero-order valence-electron chi connectivity index (χ0n) is 13.8. The van der Waals surface area contributed by atoms with E-state index in [1.165, 1.54) is 13.2 Å². The standard InChI is InChI=1S/C14H26N5O5/c1-10(21)12(9-20)24-8-7-23-6-5-18-13(22)11(15)3-2-4-19-14(16)17/h11-12H,2-8,15H2,1H3,(H,18,22)(H4,16,17,19)/t11-,12?/m0/s1. The molecule has 24 heavy (non-hydrogen) atoms. The van der Waals surface area contributed by atoms with Crippen molar-refractivity contribution < 1.29 is 23.9 Å². The van der Waals surface area contributed by atoms with Gasteiger partial charge in [-0.2, -0.15) is 0 Å². The van der Waals surface area contributed by atoms with Gasteiger partial charge in [0, 0.05) is 13.1 Å². The molecule has 137 valence electrons. The molecule has 0 aromatic heterocycles. The van der Waals surface area contributed by atoms with Crippen LogP contribution in [0, 0.1) is 5.41 Å². The largest absolute Gasteiger partial charge is 0.377 e. The summed E-state index contributed by atoms with van der Waals surface area (Å²) in [6.07, 6.45) is 1.40. The van der Waals surface area contributed by atoms with Crippen LogP contribution in [0.1, 0.15) is 19.8 Å². The van der Waals surface area contributed by atoms with Crippen molar-refractivity contribution in [3.63, 3.8) is 0 Å². The average molecular weight is 344 g/mol. The van der Waals surface area contributed by atoms with Gasteiger partial charge in [-0.25, -0.2) is 0 Å². The summed E-state index contributed by atoms with van der Waals surface area (Å²) in [5.74, 6) is -0.815. The van der Waals surface area contributed by atoms with Crippen LogP contribution in [0.25, 0.3) is 0 Å².